The molecule has 1 aromatic carbocycles. The van der Waals surface area contributed by atoms with Gasteiger partial charge in [-0.05, 0) is 18.6 Å². The summed E-state index contributed by atoms with van der Waals surface area (Å²) in [4.78, 5) is 28.8. The lowest BCUT2D eigenvalue weighted by Crippen LogP contribution is -2.45. The molecule has 2 fully saturated rings. The van der Waals surface area contributed by atoms with Gasteiger partial charge in [-0.2, -0.15) is 0 Å². The first-order chi connectivity index (χ1) is 11.7. The molecule has 2 heterocycles. The van der Waals surface area contributed by atoms with E-state index in [2.05, 4.69) is 5.32 Å². The van der Waals surface area contributed by atoms with E-state index in [1.54, 1.807) is 0 Å². The average Bonchev–Trinajstić information content (AvgIpc) is 2.89. The van der Waals surface area contributed by atoms with E-state index < -0.39 is 0 Å². The van der Waals surface area contributed by atoms with Crippen molar-refractivity contribution in [3.8, 4) is 0 Å². The van der Waals surface area contributed by atoms with Gasteiger partial charge in [0.05, 0.1) is 13.2 Å². The van der Waals surface area contributed by atoms with Gasteiger partial charge in [-0.1, -0.05) is 18.2 Å². The fourth-order valence-corrected chi connectivity index (χ4v) is 3.22. The van der Waals surface area contributed by atoms with E-state index in [1.807, 2.05) is 40.1 Å². The molecule has 0 aromatic heterocycles. The molecule has 1 N–H and O–H groups in total. The third-order valence-electron chi connectivity index (χ3n) is 4.58. The summed E-state index contributed by atoms with van der Waals surface area (Å²) in [7, 11) is 0. The zero-order valence-electron chi connectivity index (χ0n) is 13.9. The maximum Gasteiger partial charge on any atom is 0.253 e. The Morgan fingerprint density at radius 1 is 1.08 bits per heavy atom. The van der Waals surface area contributed by atoms with Gasteiger partial charge in [-0.25, -0.2) is 0 Å². The highest BCUT2D eigenvalue weighted by atomic mass is 16.5. The highest BCUT2D eigenvalue weighted by molar-refractivity contribution is 5.94. The quantitative estimate of drug-likeness (QED) is 0.887. The van der Waals surface area contributed by atoms with Crippen LogP contribution in [0, 0.1) is 0 Å². The predicted octanol–water partition coefficient (Wildman–Crippen LogP) is 0.740. The molecule has 1 aromatic rings. The number of rotatable bonds is 3. The first-order valence-corrected chi connectivity index (χ1v) is 8.67. The third-order valence-corrected chi connectivity index (χ3v) is 4.58. The van der Waals surface area contributed by atoms with Crippen molar-refractivity contribution in [1.82, 2.24) is 15.1 Å². The molecule has 2 aliphatic heterocycles. The zero-order valence-corrected chi connectivity index (χ0v) is 13.9. The highest BCUT2D eigenvalue weighted by Gasteiger charge is 2.25. The van der Waals surface area contributed by atoms with Crippen molar-refractivity contribution in [2.45, 2.75) is 18.9 Å². The minimum atomic E-state index is 0.0484. The predicted molar refractivity (Wildman–Crippen MR) is 90.8 cm³/mol. The largest absolute Gasteiger partial charge is 0.378 e. The Labute approximate surface area is 142 Å². The number of nitrogens with zero attached hydrogens (tertiary/aromatic N) is 2. The minimum Gasteiger partial charge on any atom is -0.378 e. The summed E-state index contributed by atoms with van der Waals surface area (Å²) >= 11 is 0. The molecule has 6 heteroatoms. The van der Waals surface area contributed by atoms with E-state index in [-0.39, 0.29) is 17.9 Å². The van der Waals surface area contributed by atoms with Crippen molar-refractivity contribution in [1.29, 1.82) is 0 Å². The molecule has 3 rings (SSSR count). The lowest BCUT2D eigenvalue weighted by Gasteiger charge is -2.27. The topological polar surface area (TPSA) is 61.9 Å². The van der Waals surface area contributed by atoms with Crippen LogP contribution < -0.4 is 5.32 Å². The Morgan fingerprint density at radius 3 is 2.58 bits per heavy atom. The van der Waals surface area contributed by atoms with Crippen LogP contribution in [0.1, 0.15) is 23.2 Å². The highest BCUT2D eigenvalue weighted by Crippen LogP contribution is 2.11. The van der Waals surface area contributed by atoms with Crippen LogP contribution in [-0.4, -0.2) is 73.6 Å². The summed E-state index contributed by atoms with van der Waals surface area (Å²) in [5, 5.41) is 3.32. The van der Waals surface area contributed by atoms with Crippen molar-refractivity contribution in [3.63, 3.8) is 0 Å². The molecule has 0 radical (unpaired) electrons. The number of ether oxygens (including phenoxy) is 1. The van der Waals surface area contributed by atoms with Gasteiger partial charge in [0.25, 0.3) is 5.91 Å². The van der Waals surface area contributed by atoms with Gasteiger partial charge >= 0.3 is 0 Å². The molecule has 0 saturated carbocycles. The Balaban J connectivity index is 1.52. The van der Waals surface area contributed by atoms with Crippen LogP contribution in [-0.2, 0) is 9.53 Å². The first kappa shape index (κ1) is 16.9. The smallest absolute Gasteiger partial charge is 0.253 e. The standard InChI is InChI=1S/C18H25N3O3/c22-17(13-16-14-24-12-7-19-16)20-8-4-9-21(11-10-20)18(23)15-5-2-1-3-6-15/h1-3,5-6,16,19H,4,7-14H2. The second-order valence-corrected chi connectivity index (χ2v) is 6.32. The number of benzene rings is 1. The van der Waals surface area contributed by atoms with Crippen molar-refractivity contribution in [2.75, 3.05) is 45.9 Å². The monoisotopic (exact) mass is 331 g/mol. The van der Waals surface area contributed by atoms with Gasteiger partial charge in [-0.3, -0.25) is 9.59 Å². The average molecular weight is 331 g/mol. The SMILES string of the molecule is O=C(CC1COCCN1)N1CCCN(C(=O)c2ccccc2)CC1. The van der Waals surface area contributed by atoms with Gasteiger partial charge in [0.1, 0.15) is 0 Å². The van der Waals surface area contributed by atoms with E-state index in [1.165, 1.54) is 0 Å². The van der Waals surface area contributed by atoms with Crippen LogP contribution >= 0.6 is 0 Å². The molecule has 0 aliphatic carbocycles. The van der Waals surface area contributed by atoms with Crippen LogP contribution in [0.25, 0.3) is 0 Å². The third kappa shape index (κ3) is 4.33. The van der Waals surface area contributed by atoms with Gasteiger partial charge in [0.2, 0.25) is 5.91 Å². The van der Waals surface area contributed by atoms with Crippen molar-refractivity contribution < 1.29 is 14.3 Å². The second kappa shape index (κ2) is 8.26. The van der Waals surface area contributed by atoms with E-state index in [0.717, 1.165) is 13.0 Å². The summed E-state index contributed by atoms with van der Waals surface area (Å²) in [5.74, 6) is 0.194. The van der Waals surface area contributed by atoms with Crippen LogP contribution in [0.4, 0.5) is 0 Å². The maximum absolute atomic E-state index is 12.5. The first-order valence-electron chi connectivity index (χ1n) is 8.67. The van der Waals surface area contributed by atoms with E-state index in [9.17, 15) is 9.59 Å². The van der Waals surface area contributed by atoms with E-state index in [4.69, 9.17) is 4.74 Å². The van der Waals surface area contributed by atoms with Crippen molar-refractivity contribution >= 4 is 11.8 Å². The van der Waals surface area contributed by atoms with Crippen LogP contribution in [0.2, 0.25) is 0 Å². The molecule has 6 nitrogen and oxygen atoms in total. The lowest BCUT2D eigenvalue weighted by atomic mass is 10.1. The molecule has 130 valence electrons. The van der Waals surface area contributed by atoms with Gasteiger partial charge < -0.3 is 19.9 Å². The number of carbonyl (C=O) groups is 2. The Kier molecular flexibility index (Phi) is 5.82. The summed E-state index contributed by atoms with van der Waals surface area (Å²) < 4.78 is 5.41. The second-order valence-electron chi connectivity index (χ2n) is 6.32. The number of amides is 2. The summed E-state index contributed by atoms with van der Waals surface area (Å²) in [6.45, 7) is 4.72. The number of morpholine rings is 1. The van der Waals surface area contributed by atoms with Gasteiger partial charge in [0.15, 0.2) is 0 Å². The molecule has 1 unspecified atom stereocenters. The van der Waals surface area contributed by atoms with Gasteiger partial charge in [-0.15, -0.1) is 0 Å². The Hall–Kier alpha value is -1.92. The zero-order chi connectivity index (χ0) is 16.8. The van der Waals surface area contributed by atoms with E-state index in [0.29, 0.717) is 51.4 Å². The fraction of sp³-hybridized carbons (Fsp3) is 0.556. The molecule has 0 spiro atoms. The van der Waals surface area contributed by atoms with Crippen molar-refractivity contribution in [3.05, 3.63) is 35.9 Å². The van der Waals surface area contributed by atoms with Crippen LogP contribution in [0.3, 0.4) is 0 Å². The van der Waals surface area contributed by atoms with Gasteiger partial charge in [0, 0.05) is 50.7 Å². The molecule has 24 heavy (non-hydrogen) atoms. The molecule has 2 saturated heterocycles. The Morgan fingerprint density at radius 2 is 1.83 bits per heavy atom. The normalized spacial score (nSPS) is 22.1. The summed E-state index contributed by atoms with van der Waals surface area (Å²) in [6.07, 6.45) is 1.28. The lowest BCUT2D eigenvalue weighted by molar-refractivity contribution is -0.132. The molecular weight excluding hydrogens is 306 g/mol. The maximum atomic E-state index is 12.5. The summed E-state index contributed by atoms with van der Waals surface area (Å²) in [6, 6.07) is 9.44. The Bertz CT molecular complexity index is 558. The molecular formula is C18H25N3O3. The fourth-order valence-electron chi connectivity index (χ4n) is 3.22. The van der Waals surface area contributed by atoms with Crippen LogP contribution in [0.15, 0.2) is 30.3 Å². The van der Waals surface area contributed by atoms with E-state index >= 15 is 0 Å². The molecule has 1 atom stereocenters. The number of carbonyl (C=O) groups excluding carboxylic acids is 2. The summed E-state index contributed by atoms with van der Waals surface area (Å²) in [5.41, 5.74) is 0.709. The van der Waals surface area contributed by atoms with Crippen LogP contribution in [0.5, 0.6) is 0 Å². The molecule has 2 aliphatic rings. The number of hydrogen-bond donors (Lipinski definition) is 1. The minimum absolute atomic E-state index is 0.0484. The number of hydrogen-bond acceptors (Lipinski definition) is 4. The van der Waals surface area contributed by atoms with Crippen molar-refractivity contribution in [2.24, 2.45) is 0 Å². The molecule has 2 amide bonds. The number of nitrogens with one attached hydrogen (secondary N) is 1. The molecule has 0 bridgehead atoms.